The lowest BCUT2D eigenvalue weighted by Gasteiger charge is -2.11. The van der Waals surface area contributed by atoms with Crippen molar-refractivity contribution in [3.05, 3.63) is 65.9 Å². The quantitative estimate of drug-likeness (QED) is 0.637. The fourth-order valence-electron chi connectivity index (χ4n) is 3.21. The van der Waals surface area contributed by atoms with E-state index in [0.29, 0.717) is 6.42 Å². The van der Waals surface area contributed by atoms with E-state index < -0.39 is 15.9 Å². The van der Waals surface area contributed by atoms with Crippen LogP contribution in [-0.2, 0) is 28.1 Å². The molecule has 0 spiro atoms. The monoisotopic (exact) mass is 400 g/mol. The minimum Gasteiger partial charge on any atom is -0.386 e. The second-order valence-corrected chi connectivity index (χ2v) is 8.96. The zero-order valence-electron chi connectivity index (χ0n) is 15.9. The van der Waals surface area contributed by atoms with Crippen LogP contribution in [0.4, 0.5) is 0 Å². The normalized spacial score (nSPS) is 12.8. The lowest BCUT2D eigenvalue weighted by Crippen LogP contribution is -2.28. The predicted molar refractivity (Wildman–Crippen MR) is 109 cm³/mol. The number of amides is 1. The van der Waals surface area contributed by atoms with Crippen molar-refractivity contribution in [3.8, 4) is 0 Å². The van der Waals surface area contributed by atoms with E-state index in [4.69, 9.17) is 0 Å². The number of aliphatic hydroxyl groups is 1. The maximum absolute atomic E-state index is 12.1. The highest BCUT2D eigenvalue weighted by Crippen LogP contribution is 2.25. The van der Waals surface area contributed by atoms with Gasteiger partial charge in [-0.15, -0.1) is 0 Å². The second kappa shape index (κ2) is 8.16. The Morgan fingerprint density at radius 3 is 2.50 bits per heavy atom. The molecule has 0 radical (unpaired) electrons. The van der Waals surface area contributed by atoms with Gasteiger partial charge in [0.25, 0.3) is 0 Å². The molecular formula is C21H24N2O4S. The Kier molecular flexibility index (Phi) is 5.86. The zero-order valence-corrected chi connectivity index (χ0v) is 16.7. The zero-order chi connectivity index (χ0) is 20.3. The molecule has 0 saturated carbocycles. The van der Waals surface area contributed by atoms with Crippen molar-refractivity contribution in [2.45, 2.75) is 23.8 Å². The number of nitrogens with zero attached hydrogens (tertiary/aromatic N) is 1. The lowest BCUT2D eigenvalue weighted by atomic mass is 10.1. The number of hydrogen-bond donors (Lipinski definition) is 2. The van der Waals surface area contributed by atoms with Crippen LogP contribution in [0.5, 0.6) is 0 Å². The summed E-state index contributed by atoms with van der Waals surface area (Å²) in [7, 11) is -1.30. The Labute approximate surface area is 164 Å². The molecule has 1 aromatic heterocycles. The second-order valence-electron chi connectivity index (χ2n) is 6.95. The van der Waals surface area contributed by atoms with Gasteiger partial charge in [0.1, 0.15) is 0 Å². The molecule has 2 N–H and O–H groups in total. The fourth-order valence-corrected chi connectivity index (χ4v) is 3.84. The van der Waals surface area contributed by atoms with Gasteiger partial charge in [-0.25, -0.2) is 8.42 Å². The predicted octanol–water partition coefficient (Wildman–Crippen LogP) is 2.36. The third kappa shape index (κ3) is 4.61. The molecule has 2 aromatic carbocycles. The number of aliphatic hydroxyl groups excluding tert-OH is 1. The average molecular weight is 401 g/mol. The molecule has 1 heterocycles. The van der Waals surface area contributed by atoms with Gasteiger partial charge in [-0.3, -0.25) is 4.79 Å². The molecule has 0 fully saturated rings. The molecule has 6 nitrogen and oxygen atoms in total. The maximum atomic E-state index is 12.1. The number of fused-ring (bicyclic) bond motifs is 1. The lowest BCUT2D eigenvalue weighted by molar-refractivity contribution is -0.121. The largest absolute Gasteiger partial charge is 0.386 e. The number of nitrogens with one attached hydrogen (secondary N) is 1. The van der Waals surface area contributed by atoms with Crippen LogP contribution in [0.25, 0.3) is 10.9 Å². The Balaban J connectivity index is 1.54. The molecular weight excluding hydrogens is 376 g/mol. The van der Waals surface area contributed by atoms with Gasteiger partial charge in [0.15, 0.2) is 9.84 Å². The Hall–Kier alpha value is -2.64. The van der Waals surface area contributed by atoms with Gasteiger partial charge in [-0.2, -0.15) is 0 Å². The number of rotatable bonds is 7. The Bertz CT molecular complexity index is 1090. The summed E-state index contributed by atoms with van der Waals surface area (Å²) < 4.78 is 24.9. The van der Waals surface area contributed by atoms with Crippen LogP contribution in [0.15, 0.2) is 59.6 Å². The van der Waals surface area contributed by atoms with Gasteiger partial charge in [0, 0.05) is 48.9 Å². The van der Waals surface area contributed by atoms with Crippen molar-refractivity contribution >= 4 is 26.6 Å². The molecule has 7 heteroatoms. The first kappa shape index (κ1) is 20.1. The third-order valence-corrected chi connectivity index (χ3v) is 5.90. The van der Waals surface area contributed by atoms with Gasteiger partial charge in [-0.05, 0) is 30.2 Å². The highest BCUT2D eigenvalue weighted by atomic mass is 32.2. The number of carbonyl (C=O) groups excluding carboxylic acids is 1. The van der Waals surface area contributed by atoms with Crippen molar-refractivity contribution in [2.24, 2.45) is 7.05 Å². The SMILES string of the molecule is Cn1cc([C@H](O)CNC(=O)CCc2ccc(S(C)(=O)=O)cc2)c2ccccc21. The third-order valence-electron chi connectivity index (χ3n) is 4.77. The average Bonchev–Trinajstić information content (AvgIpc) is 3.01. The first-order valence-corrected chi connectivity index (χ1v) is 10.9. The number of sulfone groups is 1. The van der Waals surface area contributed by atoms with E-state index in [1.165, 1.54) is 0 Å². The molecule has 0 saturated heterocycles. The van der Waals surface area contributed by atoms with Crippen LogP contribution >= 0.6 is 0 Å². The molecule has 148 valence electrons. The van der Waals surface area contributed by atoms with Gasteiger partial charge in [-0.1, -0.05) is 30.3 Å². The van der Waals surface area contributed by atoms with E-state index in [0.717, 1.165) is 28.3 Å². The number of para-hydroxylation sites is 1. The first-order valence-electron chi connectivity index (χ1n) is 9.03. The van der Waals surface area contributed by atoms with Gasteiger partial charge in [0.2, 0.25) is 5.91 Å². The van der Waals surface area contributed by atoms with E-state index in [1.807, 2.05) is 42.1 Å². The van der Waals surface area contributed by atoms with Crippen molar-refractivity contribution < 1.29 is 18.3 Å². The van der Waals surface area contributed by atoms with Crippen LogP contribution < -0.4 is 5.32 Å². The summed E-state index contributed by atoms with van der Waals surface area (Å²) in [4.78, 5) is 12.4. The fraction of sp³-hybridized carbons (Fsp3) is 0.286. The number of hydrogen-bond acceptors (Lipinski definition) is 4. The van der Waals surface area contributed by atoms with Gasteiger partial charge in [0.05, 0.1) is 11.0 Å². The molecule has 3 aromatic rings. The molecule has 1 atom stereocenters. The van der Waals surface area contributed by atoms with Gasteiger partial charge >= 0.3 is 0 Å². The number of aryl methyl sites for hydroxylation is 2. The maximum Gasteiger partial charge on any atom is 0.220 e. The molecule has 0 bridgehead atoms. The highest BCUT2D eigenvalue weighted by molar-refractivity contribution is 7.90. The summed E-state index contributed by atoms with van der Waals surface area (Å²) in [6.07, 6.45) is 3.02. The van der Waals surface area contributed by atoms with E-state index in [1.54, 1.807) is 24.3 Å². The topological polar surface area (TPSA) is 88.4 Å². The molecule has 1 amide bonds. The number of carbonyl (C=O) groups is 1. The van der Waals surface area contributed by atoms with Crippen LogP contribution in [0.2, 0.25) is 0 Å². The smallest absolute Gasteiger partial charge is 0.220 e. The summed E-state index contributed by atoms with van der Waals surface area (Å²) in [5.41, 5.74) is 2.70. The number of aromatic nitrogens is 1. The molecule has 3 rings (SSSR count). The Morgan fingerprint density at radius 2 is 1.82 bits per heavy atom. The molecule has 0 aliphatic carbocycles. The summed E-state index contributed by atoms with van der Waals surface area (Å²) in [6.45, 7) is 0.139. The standard InChI is InChI=1S/C21H24N2O4S/c1-23-14-18(17-5-3-4-6-19(17)23)20(24)13-22-21(25)12-9-15-7-10-16(11-8-15)28(2,26)27/h3-8,10-11,14,20,24H,9,12-13H2,1-2H3,(H,22,25)/t20-/m1/s1. The van der Waals surface area contributed by atoms with Crippen molar-refractivity contribution in [3.63, 3.8) is 0 Å². The molecule has 28 heavy (non-hydrogen) atoms. The minimum absolute atomic E-state index is 0.139. The van der Waals surface area contributed by atoms with Crippen molar-refractivity contribution in [1.29, 1.82) is 0 Å². The first-order chi connectivity index (χ1) is 13.3. The highest BCUT2D eigenvalue weighted by Gasteiger charge is 2.15. The van der Waals surface area contributed by atoms with E-state index in [2.05, 4.69) is 5.32 Å². The van der Waals surface area contributed by atoms with Crippen LogP contribution in [0.3, 0.4) is 0 Å². The molecule has 0 unspecified atom stereocenters. The van der Waals surface area contributed by atoms with E-state index in [9.17, 15) is 18.3 Å². The minimum atomic E-state index is -3.22. The van der Waals surface area contributed by atoms with Crippen LogP contribution in [-0.4, -0.2) is 36.8 Å². The number of benzene rings is 2. The van der Waals surface area contributed by atoms with Gasteiger partial charge < -0.3 is 15.0 Å². The van der Waals surface area contributed by atoms with Crippen LogP contribution in [0.1, 0.15) is 23.7 Å². The van der Waals surface area contributed by atoms with E-state index in [-0.39, 0.29) is 23.8 Å². The van der Waals surface area contributed by atoms with Crippen molar-refractivity contribution in [2.75, 3.05) is 12.8 Å². The Morgan fingerprint density at radius 1 is 1.14 bits per heavy atom. The summed E-state index contributed by atoms with van der Waals surface area (Å²) in [5.74, 6) is -0.161. The van der Waals surface area contributed by atoms with Crippen LogP contribution in [0, 0.1) is 0 Å². The van der Waals surface area contributed by atoms with Crippen molar-refractivity contribution in [1.82, 2.24) is 9.88 Å². The summed E-state index contributed by atoms with van der Waals surface area (Å²) >= 11 is 0. The molecule has 0 aliphatic rings. The molecule has 0 aliphatic heterocycles. The summed E-state index contributed by atoms with van der Waals surface area (Å²) in [5, 5.41) is 14.2. The van der Waals surface area contributed by atoms with E-state index >= 15 is 0 Å². The summed E-state index contributed by atoms with van der Waals surface area (Å²) in [6, 6.07) is 14.3.